The zero-order valence-electron chi connectivity index (χ0n) is 22.2. The normalized spacial score (nSPS) is 17.6. The van der Waals surface area contributed by atoms with Crippen LogP contribution in [0.2, 0.25) is 0 Å². The Hall–Kier alpha value is -3.75. The van der Waals surface area contributed by atoms with Crippen molar-refractivity contribution in [3.63, 3.8) is 0 Å². The van der Waals surface area contributed by atoms with E-state index in [4.69, 9.17) is 9.47 Å². The van der Waals surface area contributed by atoms with E-state index in [2.05, 4.69) is 10.6 Å². The Bertz CT molecular complexity index is 1110. The maximum absolute atomic E-state index is 13.8. The van der Waals surface area contributed by atoms with Crippen molar-refractivity contribution in [2.24, 2.45) is 0 Å². The first-order valence-electron chi connectivity index (χ1n) is 12.4. The van der Waals surface area contributed by atoms with Crippen molar-refractivity contribution in [2.75, 3.05) is 13.6 Å². The number of hydrogen-bond donors (Lipinski definition) is 3. The van der Waals surface area contributed by atoms with Gasteiger partial charge in [0.2, 0.25) is 5.91 Å². The molecule has 0 spiro atoms. The van der Waals surface area contributed by atoms with E-state index in [0.29, 0.717) is 18.4 Å². The van der Waals surface area contributed by atoms with Gasteiger partial charge in [-0.1, -0.05) is 42.5 Å². The molecule has 3 amide bonds. The molecule has 3 N–H and O–H groups in total. The van der Waals surface area contributed by atoms with Gasteiger partial charge in [0.15, 0.2) is 0 Å². The number of aryl methyl sites for hydroxylation is 1. The number of likely N-dealkylation sites (N-methyl/N-ethyl adjacent to an activating group) is 1. The number of alkyl carbamates (subject to hydrolysis) is 2. The smallest absolute Gasteiger partial charge is 0.408 e. The van der Waals surface area contributed by atoms with Crippen LogP contribution in [0.3, 0.4) is 0 Å². The van der Waals surface area contributed by atoms with Gasteiger partial charge in [-0.2, -0.15) is 0 Å². The lowest BCUT2D eigenvalue weighted by molar-refractivity contribution is -0.138. The molecule has 0 aromatic heterocycles. The average molecular weight is 512 g/mol. The Balaban J connectivity index is 1.69. The van der Waals surface area contributed by atoms with Crippen LogP contribution < -0.4 is 10.6 Å². The summed E-state index contributed by atoms with van der Waals surface area (Å²) in [4.78, 5) is 40.3. The molecule has 37 heavy (non-hydrogen) atoms. The SMILES string of the molecule is C[C@H](CN(C)C(=O)[C@]1(NC(=O)OC(C)(C)C)CCc2cccc(O)c2C1)NC(=O)OCc1ccccc1. The summed E-state index contributed by atoms with van der Waals surface area (Å²) < 4.78 is 10.7. The van der Waals surface area contributed by atoms with Crippen molar-refractivity contribution in [2.45, 2.75) is 70.7 Å². The van der Waals surface area contributed by atoms with Crippen LogP contribution in [-0.2, 0) is 33.7 Å². The standard InChI is InChI=1S/C28H37N3O6/c1-19(29-25(34)36-18-20-10-7-6-8-11-20)17-31(5)24(33)28(30-26(35)37-27(2,3)4)15-14-21-12-9-13-23(32)22(21)16-28/h6-13,19,32H,14-18H2,1-5H3,(H,29,34)(H,30,35)/t19-,28+/m1/s1. The first kappa shape index (κ1) is 27.8. The minimum Gasteiger partial charge on any atom is -0.508 e. The molecule has 0 aliphatic heterocycles. The number of rotatable bonds is 7. The molecule has 9 nitrogen and oxygen atoms in total. The first-order valence-corrected chi connectivity index (χ1v) is 12.4. The van der Waals surface area contributed by atoms with Crippen LogP contribution in [0.5, 0.6) is 5.75 Å². The lowest BCUT2D eigenvalue weighted by Crippen LogP contribution is -2.63. The van der Waals surface area contributed by atoms with Crippen molar-refractivity contribution in [3.05, 3.63) is 65.2 Å². The van der Waals surface area contributed by atoms with Crippen molar-refractivity contribution in [1.29, 1.82) is 0 Å². The molecule has 2 aromatic rings. The van der Waals surface area contributed by atoms with Crippen LogP contribution >= 0.6 is 0 Å². The van der Waals surface area contributed by atoms with E-state index in [9.17, 15) is 19.5 Å². The van der Waals surface area contributed by atoms with Crippen molar-refractivity contribution >= 4 is 18.1 Å². The number of benzene rings is 2. The molecule has 3 rings (SSSR count). The molecular weight excluding hydrogens is 474 g/mol. The minimum absolute atomic E-state index is 0.0826. The maximum atomic E-state index is 13.8. The van der Waals surface area contributed by atoms with E-state index in [1.807, 2.05) is 36.4 Å². The molecule has 200 valence electrons. The third-order valence-electron chi connectivity index (χ3n) is 6.17. The van der Waals surface area contributed by atoms with Gasteiger partial charge in [-0.25, -0.2) is 9.59 Å². The van der Waals surface area contributed by atoms with Crippen molar-refractivity contribution in [3.8, 4) is 5.75 Å². The Morgan fingerprint density at radius 1 is 1.08 bits per heavy atom. The second-order valence-corrected chi connectivity index (χ2v) is 10.6. The summed E-state index contributed by atoms with van der Waals surface area (Å²) in [5, 5.41) is 16.0. The van der Waals surface area contributed by atoms with Crippen LogP contribution in [0.25, 0.3) is 0 Å². The monoisotopic (exact) mass is 511 g/mol. The summed E-state index contributed by atoms with van der Waals surface area (Å²) in [5.41, 5.74) is 0.383. The highest BCUT2D eigenvalue weighted by atomic mass is 16.6. The summed E-state index contributed by atoms with van der Waals surface area (Å²) in [5.74, 6) is -0.252. The van der Waals surface area contributed by atoms with E-state index < -0.39 is 29.4 Å². The molecule has 0 radical (unpaired) electrons. The van der Waals surface area contributed by atoms with Crippen LogP contribution in [-0.4, -0.2) is 58.9 Å². The second kappa shape index (κ2) is 11.5. The van der Waals surface area contributed by atoms with Crippen LogP contribution in [0, 0.1) is 0 Å². The highest BCUT2D eigenvalue weighted by Gasteiger charge is 2.46. The molecule has 0 heterocycles. The molecule has 0 fully saturated rings. The third-order valence-corrected chi connectivity index (χ3v) is 6.17. The molecule has 0 saturated heterocycles. The Kier molecular flexibility index (Phi) is 8.68. The quantitative estimate of drug-likeness (QED) is 0.519. The lowest BCUT2D eigenvalue weighted by Gasteiger charge is -2.40. The van der Waals surface area contributed by atoms with Crippen molar-refractivity contribution in [1.82, 2.24) is 15.5 Å². The van der Waals surface area contributed by atoms with Crippen LogP contribution in [0.15, 0.2) is 48.5 Å². The van der Waals surface area contributed by atoms with Gasteiger partial charge in [0.05, 0.1) is 0 Å². The zero-order valence-corrected chi connectivity index (χ0v) is 22.2. The number of aromatic hydroxyl groups is 1. The van der Waals surface area contributed by atoms with Gasteiger partial charge in [-0.3, -0.25) is 4.79 Å². The van der Waals surface area contributed by atoms with Gasteiger partial charge >= 0.3 is 12.2 Å². The number of hydrogen-bond acceptors (Lipinski definition) is 6. The number of carbonyl (C=O) groups excluding carboxylic acids is 3. The second-order valence-electron chi connectivity index (χ2n) is 10.6. The number of nitrogens with one attached hydrogen (secondary N) is 2. The van der Waals surface area contributed by atoms with Crippen molar-refractivity contribution < 1.29 is 29.0 Å². The molecular formula is C28H37N3O6. The molecule has 1 aliphatic carbocycles. The van der Waals surface area contributed by atoms with Crippen LogP contribution in [0.1, 0.15) is 50.8 Å². The first-order chi connectivity index (χ1) is 17.4. The average Bonchev–Trinajstić information content (AvgIpc) is 2.82. The summed E-state index contributed by atoms with van der Waals surface area (Å²) in [6.07, 6.45) is -0.330. The summed E-state index contributed by atoms with van der Waals surface area (Å²) in [7, 11) is 1.62. The highest BCUT2D eigenvalue weighted by molar-refractivity contribution is 5.91. The van der Waals surface area contributed by atoms with E-state index in [1.165, 1.54) is 4.90 Å². The lowest BCUT2D eigenvalue weighted by atomic mass is 9.76. The molecule has 1 aliphatic rings. The summed E-state index contributed by atoms with van der Waals surface area (Å²) in [6, 6.07) is 14.2. The van der Waals surface area contributed by atoms with E-state index in [-0.39, 0.29) is 31.2 Å². The topological polar surface area (TPSA) is 117 Å². The number of phenolic OH excluding ortho intramolecular Hbond substituents is 1. The fraction of sp³-hybridized carbons (Fsp3) is 0.464. The third kappa shape index (κ3) is 7.62. The molecule has 0 unspecified atom stereocenters. The van der Waals surface area contributed by atoms with Gasteiger partial charge in [0, 0.05) is 26.1 Å². The predicted molar refractivity (Wildman–Crippen MR) is 139 cm³/mol. The van der Waals surface area contributed by atoms with Gasteiger partial charge in [0.1, 0.15) is 23.5 Å². The fourth-order valence-electron chi connectivity index (χ4n) is 4.51. The molecule has 0 bridgehead atoms. The molecule has 2 aromatic carbocycles. The number of carbonyl (C=O) groups is 3. The molecule has 2 atom stereocenters. The van der Waals surface area contributed by atoms with E-state index >= 15 is 0 Å². The van der Waals surface area contributed by atoms with Crippen LogP contribution in [0.4, 0.5) is 9.59 Å². The van der Waals surface area contributed by atoms with Gasteiger partial charge in [-0.05, 0) is 63.3 Å². The predicted octanol–water partition coefficient (Wildman–Crippen LogP) is 3.92. The number of amides is 3. The van der Waals surface area contributed by atoms with E-state index in [1.54, 1.807) is 46.9 Å². The zero-order chi connectivity index (χ0) is 27.2. The summed E-state index contributed by atoms with van der Waals surface area (Å²) >= 11 is 0. The number of nitrogens with zero attached hydrogens (tertiary/aromatic N) is 1. The Morgan fingerprint density at radius 2 is 1.78 bits per heavy atom. The Labute approximate surface area is 218 Å². The fourth-order valence-corrected chi connectivity index (χ4v) is 4.51. The summed E-state index contributed by atoms with van der Waals surface area (Å²) in [6.45, 7) is 7.34. The number of ether oxygens (including phenoxy) is 2. The minimum atomic E-state index is -1.31. The maximum Gasteiger partial charge on any atom is 0.408 e. The van der Waals surface area contributed by atoms with E-state index in [0.717, 1.165) is 11.1 Å². The number of fused-ring (bicyclic) bond motifs is 1. The molecule has 0 saturated carbocycles. The highest BCUT2D eigenvalue weighted by Crippen LogP contribution is 2.35. The van der Waals surface area contributed by atoms with Gasteiger partial charge in [0.25, 0.3) is 0 Å². The number of phenols is 1. The largest absolute Gasteiger partial charge is 0.508 e. The van der Waals surface area contributed by atoms with Gasteiger partial charge < -0.3 is 30.1 Å². The van der Waals surface area contributed by atoms with Gasteiger partial charge in [-0.15, -0.1) is 0 Å². The molecule has 9 heteroatoms. The Morgan fingerprint density at radius 3 is 2.46 bits per heavy atom.